The third kappa shape index (κ3) is 3.94. The van der Waals surface area contributed by atoms with E-state index in [4.69, 9.17) is 5.73 Å². The highest BCUT2D eigenvalue weighted by Gasteiger charge is 2.28. The highest BCUT2D eigenvalue weighted by molar-refractivity contribution is 6.07. The molecule has 2 aromatic carbocycles. The van der Waals surface area contributed by atoms with Crippen LogP contribution in [0.3, 0.4) is 0 Å². The molecular formula is C24H26F3N3O. The summed E-state index contributed by atoms with van der Waals surface area (Å²) in [6.45, 7) is 3.69. The van der Waals surface area contributed by atoms with E-state index in [1.54, 1.807) is 33.9 Å². The van der Waals surface area contributed by atoms with Gasteiger partial charge in [-0.1, -0.05) is 30.3 Å². The summed E-state index contributed by atoms with van der Waals surface area (Å²) in [5.41, 5.74) is 8.02. The Hall–Kier alpha value is -2.80. The third-order valence-corrected chi connectivity index (χ3v) is 6.25. The molecule has 31 heavy (non-hydrogen) atoms. The van der Waals surface area contributed by atoms with Crippen molar-refractivity contribution in [2.75, 3.05) is 13.1 Å². The van der Waals surface area contributed by atoms with Crippen molar-refractivity contribution in [3.05, 3.63) is 70.7 Å². The van der Waals surface area contributed by atoms with Crippen molar-refractivity contribution in [3.63, 3.8) is 0 Å². The number of piperidine rings is 1. The van der Waals surface area contributed by atoms with E-state index in [-0.39, 0.29) is 23.2 Å². The zero-order valence-corrected chi connectivity index (χ0v) is 17.5. The second-order valence-corrected chi connectivity index (χ2v) is 8.00. The highest BCUT2D eigenvalue weighted by Crippen LogP contribution is 2.34. The number of hydrogen-bond donors (Lipinski definition) is 1. The van der Waals surface area contributed by atoms with Crippen molar-refractivity contribution in [1.29, 1.82) is 0 Å². The number of halogens is 3. The van der Waals surface area contributed by atoms with Crippen molar-refractivity contribution in [1.82, 2.24) is 9.47 Å². The summed E-state index contributed by atoms with van der Waals surface area (Å²) in [4.78, 5) is 15.0. The molecular weight excluding hydrogens is 403 g/mol. The number of rotatable bonds is 5. The van der Waals surface area contributed by atoms with Crippen molar-refractivity contribution in [2.24, 2.45) is 5.73 Å². The van der Waals surface area contributed by atoms with Gasteiger partial charge in [0.05, 0.1) is 11.1 Å². The van der Waals surface area contributed by atoms with Crippen LogP contribution in [0, 0.1) is 5.82 Å². The maximum Gasteiger partial charge on any atom is 0.265 e. The average molecular weight is 429 g/mol. The van der Waals surface area contributed by atoms with Gasteiger partial charge in [0.1, 0.15) is 5.82 Å². The number of likely N-dealkylation sites (tertiary alicyclic amines) is 1. The van der Waals surface area contributed by atoms with Crippen LogP contribution in [0.15, 0.2) is 42.6 Å². The van der Waals surface area contributed by atoms with E-state index < -0.39 is 6.43 Å². The molecule has 0 saturated carbocycles. The molecule has 3 aromatic rings. The van der Waals surface area contributed by atoms with Gasteiger partial charge >= 0.3 is 0 Å². The Morgan fingerprint density at radius 1 is 1.19 bits per heavy atom. The van der Waals surface area contributed by atoms with Crippen LogP contribution < -0.4 is 5.73 Å². The molecule has 7 heteroatoms. The number of carbonyl (C=O) groups is 1. The normalized spacial score (nSPS) is 15.2. The maximum atomic E-state index is 14.3. The zero-order valence-electron chi connectivity index (χ0n) is 17.5. The minimum Gasteiger partial charge on any atom is -0.347 e. The molecule has 1 fully saturated rings. The summed E-state index contributed by atoms with van der Waals surface area (Å²) in [6.07, 6.45) is 0.355. The maximum absolute atomic E-state index is 14.3. The quantitative estimate of drug-likeness (QED) is 0.605. The van der Waals surface area contributed by atoms with Gasteiger partial charge in [-0.15, -0.1) is 0 Å². The largest absolute Gasteiger partial charge is 0.347 e. The molecule has 4 nitrogen and oxygen atoms in total. The fraction of sp³-hybridized carbons (Fsp3) is 0.375. The number of alkyl halides is 2. The fourth-order valence-electron chi connectivity index (χ4n) is 4.58. The lowest BCUT2D eigenvalue weighted by Crippen LogP contribution is -2.38. The van der Waals surface area contributed by atoms with Crippen LogP contribution in [-0.4, -0.2) is 28.5 Å². The van der Waals surface area contributed by atoms with Crippen LogP contribution in [0.4, 0.5) is 13.2 Å². The zero-order chi connectivity index (χ0) is 22.1. The molecule has 0 atom stereocenters. The number of para-hydroxylation sites is 1. The molecule has 4 rings (SSSR count). The number of aromatic nitrogens is 1. The van der Waals surface area contributed by atoms with Crippen molar-refractivity contribution in [3.8, 4) is 0 Å². The number of hydrogen-bond acceptors (Lipinski definition) is 2. The predicted molar refractivity (Wildman–Crippen MR) is 115 cm³/mol. The van der Waals surface area contributed by atoms with Gasteiger partial charge in [-0.25, -0.2) is 13.2 Å². The summed E-state index contributed by atoms with van der Waals surface area (Å²) in [5, 5.41) is 0.550. The van der Waals surface area contributed by atoms with E-state index in [9.17, 15) is 18.0 Å². The van der Waals surface area contributed by atoms with Crippen LogP contribution in [0.2, 0.25) is 0 Å². The Morgan fingerprint density at radius 3 is 2.58 bits per heavy atom. The number of benzene rings is 2. The van der Waals surface area contributed by atoms with Crippen LogP contribution in [-0.2, 0) is 13.1 Å². The number of nitrogens with zero attached hydrogens (tertiary/aromatic N) is 2. The molecule has 0 radical (unpaired) electrons. The molecule has 0 unspecified atom stereocenters. The molecule has 0 aliphatic carbocycles. The van der Waals surface area contributed by atoms with E-state index in [0.29, 0.717) is 61.1 Å². The number of aryl methyl sites for hydroxylation is 1. The first kappa shape index (κ1) is 21.4. The van der Waals surface area contributed by atoms with Crippen LogP contribution in [0.1, 0.15) is 59.2 Å². The second-order valence-electron chi connectivity index (χ2n) is 8.00. The molecule has 1 aliphatic heterocycles. The standard InChI is InChI=1S/C24H26F3N3O/c1-2-29-14-20(17-4-3-5-18(22(17)29)23(26)27)24(31)30-10-8-16(9-11-30)19-12-15(13-28)6-7-21(19)25/h3-7,12,14,16,23H,2,8-11,13,28H2,1H3. The Labute approximate surface area is 179 Å². The Kier molecular flexibility index (Phi) is 6.05. The molecule has 1 aromatic heterocycles. The number of amides is 1. The topological polar surface area (TPSA) is 51.3 Å². The van der Waals surface area contributed by atoms with Gasteiger partial charge in [0.2, 0.25) is 0 Å². The lowest BCUT2D eigenvalue weighted by molar-refractivity contribution is 0.0714. The molecule has 164 valence electrons. The van der Waals surface area contributed by atoms with E-state index in [1.165, 1.54) is 12.1 Å². The molecule has 1 aliphatic rings. The summed E-state index contributed by atoms with van der Waals surface area (Å²) in [7, 11) is 0. The SMILES string of the molecule is CCn1cc(C(=O)N2CCC(c3cc(CN)ccc3F)CC2)c2cccc(C(F)F)c21. The average Bonchev–Trinajstić information content (AvgIpc) is 3.18. The van der Waals surface area contributed by atoms with E-state index in [1.807, 2.05) is 13.0 Å². The van der Waals surface area contributed by atoms with Crippen molar-refractivity contribution in [2.45, 2.75) is 45.2 Å². The lowest BCUT2D eigenvalue weighted by atomic mass is 9.88. The highest BCUT2D eigenvalue weighted by atomic mass is 19.3. The Balaban J connectivity index is 1.57. The van der Waals surface area contributed by atoms with Gasteiger partial charge < -0.3 is 15.2 Å². The molecule has 1 amide bonds. The van der Waals surface area contributed by atoms with Crippen molar-refractivity contribution < 1.29 is 18.0 Å². The number of carbonyl (C=O) groups excluding carboxylic acids is 1. The molecule has 2 heterocycles. The smallest absolute Gasteiger partial charge is 0.265 e. The molecule has 0 bridgehead atoms. The monoisotopic (exact) mass is 429 g/mol. The van der Waals surface area contributed by atoms with Gasteiger partial charge in [0.25, 0.3) is 12.3 Å². The lowest BCUT2D eigenvalue weighted by Gasteiger charge is -2.32. The van der Waals surface area contributed by atoms with Crippen molar-refractivity contribution >= 4 is 16.8 Å². The second kappa shape index (κ2) is 8.75. The first-order valence-electron chi connectivity index (χ1n) is 10.6. The predicted octanol–water partition coefficient (Wildman–Crippen LogP) is 5.22. The fourth-order valence-corrected chi connectivity index (χ4v) is 4.58. The van der Waals surface area contributed by atoms with Gasteiger partial charge in [0, 0.05) is 43.3 Å². The number of fused-ring (bicyclic) bond motifs is 1. The van der Waals surface area contributed by atoms with Gasteiger partial charge in [-0.3, -0.25) is 4.79 Å². The summed E-state index contributed by atoms with van der Waals surface area (Å²) in [5.74, 6) is -0.385. The number of nitrogens with two attached hydrogens (primary N) is 1. The first-order chi connectivity index (χ1) is 14.9. The minimum atomic E-state index is -2.61. The summed E-state index contributed by atoms with van der Waals surface area (Å²) < 4.78 is 43.1. The van der Waals surface area contributed by atoms with E-state index >= 15 is 0 Å². The molecule has 1 saturated heterocycles. The Bertz CT molecular complexity index is 1100. The van der Waals surface area contributed by atoms with E-state index in [2.05, 4.69) is 0 Å². The van der Waals surface area contributed by atoms with Crippen LogP contribution in [0.25, 0.3) is 10.9 Å². The molecule has 2 N–H and O–H groups in total. The van der Waals surface area contributed by atoms with Crippen LogP contribution >= 0.6 is 0 Å². The minimum absolute atomic E-state index is 0.0259. The summed E-state index contributed by atoms with van der Waals surface area (Å²) >= 11 is 0. The van der Waals surface area contributed by atoms with E-state index in [0.717, 1.165) is 5.56 Å². The van der Waals surface area contributed by atoms with Gasteiger partial charge in [-0.05, 0) is 42.9 Å². The Morgan fingerprint density at radius 2 is 1.94 bits per heavy atom. The first-order valence-corrected chi connectivity index (χ1v) is 10.6. The summed E-state index contributed by atoms with van der Waals surface area (Å²) in [6, 6.07) is 9.66. The van der Waals surface area contributed by atoms with Gasteiger partial charge in [0.15, 0.2) is 0 Å². The van der Waals surface area contributed by atoms with Crippen LogP contribution in [0.5, 0.6) is 0 Å². The van der Waals surface area contributed by atoms with Gasteiger partial charge in [-0.2, -0.15) is 0 Å². The third-order valence-electron chi connectivity index (χ3n) is 6.25. The molecule has 0 spiro atoms.